The van der Waals surface area contributed by atoms with Gasteiger partial charge in [-0.15, -0.1) is 0 Å². The first kappa shape index (κ1) is 14.6. The Morgan fingerprint density at radius 2 is 1.80 bits per heavy atom. The number of carboxylic acid groups (broad SMARTS) is 1. The van der Waals surface area contributed by atoms with E-state index in [0.717, 1.165) is 25.7 Å². The van der Waals surface area contributed by atoms with Crippen molar-refractivity contribution in [3.8, 4) is 0 Å². The van der Waals surface area contributed by atoms with Gasteiger partial charge >= 0.3 is 5.97 Å². The minimum Gasteiger partial charge on any atom is -0.475 e. The lowest BCUT2D eigenvalue weighted by molar-refractivity contribution is -0.125. The molecule has 0 aromatic carbocycles. The van der Waals surface area contributed by atoms with Crippen LogP contribution in [-0.4, -0.2) is 17.0 Å². The van der Waals surface area contributed by atoms with Crippen LogP contribution in [0.1, 0.15) is 61.3 Å². The number of hydrogen-bond donors (Lipinski definition) is 2. The number of aromatic carboxylic acids is 1. The Morgan fingerprint density at radius 3 is 2.40 bits per heavy atom. The third-order valence-electron chi connectivity index (χ3n) is 3.79. The molecule has 0 radical (unpaired) electrons. The van der Waals surface area contributed by atoms with Gasteiger partial charge in [0.05, 0.1) is 6.54 Å². The highest BCUT2D eigenvalue weighted by molar-refractivity contribution is 5.84. The van der Waals surface area contributed by atoms with Gasteiger partial charge in [-0.1, -0.05) is 32.1 Å². The maximum Gasteiger partial charge on any atom is 0.371 e. The quantitative estimate of drug-likeness (QED) is 0.888. The van der Waals surface area contributed by atoms with Crippen molar-refractivity contribution in [2.24, 2.45) is 5.92 Å². The molecule has 20 heavy (non-hydrogen) atoms. The molecule has 0 aliphatic heterocycles. The number of carbonyl (C=O) groups excluding carboxylic acids is 1. The number of hydrogen-bond acceptors (Lipinski definition) is 3. The van der Waals surface area contributed by atoms with Crippen molar-refractivity contribution in [1.82, 2.24) is 5.32 Å². The Labute approximate surface area is 118 Å². The topological polar surface area (TPSA) is 79.5 Å². The van der Waals surface area contributed by atoms with Crippen molar-refractivity contribution in [1.29, 1.82) is 0 Å². The highest BCUT2D eigenvalue weighted by atomic mass is 16.4. The average molecular weight is 279 g/mol. The molecule has 1 amide bonds. The van der Waals surface area contributed by atoms with Crippen molar-refractivity contribution in [2.75, 3.05) is 0 Å². The second-order valence-electron chi connectivity index (χ2n) is 5.33. The lowest BCUT2D eigenvalue weighted by Crippen LogP contribution is -2.30. The zero-order chi connectivity index (χ0) is 14.4. The number of rotatable bonds is 4. The summed E-state index contributed by atoms with van der Waals surface area (Å²) in [4.78, 5) is 22.8. The number of furan rings is 1. The number of carboxylic acids is 1. The molecule has 2 rings (SSSR count). The monoisotopic (exact) mass is 279 g/mol. The molecule has 110 valence electrons. The molecule has 0 spiro atoms. The smallest absolute Gasteiger partial charge is 0.371 e. The summed E-state index contributed by atoms with van der Waals surface area (Å²) in [5.74, 6) is -0.575. The van der Waals surface area contributed by atoms with Gasteiger partial charge in [0, 0.05) is 5.92 Å². The van der Waals surface area contributed by atoms with E-state index in [1.807, 2.05) is 0 Å². The first-order valence-electron chi connectivity index (χ1n) is 7.26. The van der Waals surface area contributed by atoms with Crippen LogP contribution in [0.2, 0.25) is 0 Å². The highest BCUT2D eigenvalue weighted by Gasteiger charge is 2.19. The van der Waals surface area contributed by atoms with Crippen LogP contribution >= 0.6 is 0 Å². The third kappa shape index (κ3) is 4.11. The second kappa shape index (κ2) is 7.12. The Hall–Kier alpha value is -1.78. The predicted octanol–water partition coefficient (Wildman–Crippen LogP) is 2.95. The Bertz CT molecular complexity index is 458. The summed E-state index contributed by atoms with van der Waals surface area (Å²) < 4.78 is 5.11. The largest absolute Gasteiger partial charge is 0.475 e. The van der Waals surface area contributed by atoms with Crippen molar-refractivity contribution in [2.45, 2.75) is 51.5 Å². The maximum atomic E-state index is 12.1. The standard InChI is InChI=1S/C15H21NO4/c17-14(11-6-4-2-1-3-5-7-11)16-10-12-8-9-13(20-12)15(18)19/h8-9,11H,1-7,10H2,(H,16,17)(H,18,19). The molecule has 5 heteroatoms. The van der Waals surface area contributed by atoms with Crippen LogP contribution in [0.25, 0.3) is 0 Å². The van der Waals surface area contributed by atoms with E-state index in [1.165, 1.54) is 25.3 Å². The SMILES string of the molecule is O=C(O)c1ccc(CNC(=O)C2CCCCCCC2)o1. The molecule has 0 saturated heterocycles. The molecule has 1 aromatic heterocycles. The summed E-state index contributed by atoms with van der Waals surface area (Å²) in [7, 11) is 0. The summed E-state index contributed by atoms with van der Waals surface area (Å²) in [5, 5.41) is 11.6. The summed E-state index contributed by atoms with van der Waals surface area (Å²) in [5.41, 5.74) is 0. The van der Waals surface area contributed by atoms with Gasteiger partial charge < -0.3 is 14.8 Å². The normalized spacial score (nSPS) is 17.2. The van der Waals surface area contributed by atoms with Gasteiger partial charge in [-0.3, -0.25) is 4.79 Å². The summed E-state index contributed by atoms with van der Waals surface area (Å²) >= 11 is 0. The van der Waals surface area contributed by atoms with Crippen LogP contribution in [0, 0.1) is 5.92 Å². The minimum atomic E-state index is -1.09. The minimum absolute atomic E-state index is 0.0557. The van der Waals surface area contributed by atoms with E-state index < -0.39 is 5.97 Å². The van der Waals surface area contributed by atoms with E-state index in [4.69, 9.17) is 9.52 Å². The summed E-state index contributed by atoms with van der Waals surface area (Å²) in [6.45, 7) is 0.253. The zero-order valence-corrected chi connectivity index (χ0v) is 11.6. The summed E-state index contributed by atoms with van der Waals surface area (Å²) in [6.07, 6.45) is 7.82. The van der Waals surface area contributed by atoms with Crippen molar-refractivity contribution in [3.05, 3.63) is 23.7 Å². The Balaban J connectivity index is 1.82. The molecule has 5 nitrogen and oxygen atoms in total. The second-order valence-corrected chi connectivity index (χ2v) is 5.33. The van der Waals surface area contributed by atoms with Crippen LogP contribution in [0.15, 0.2) is 16.5 Å². The molecule has 1 aromatic rings. The fourth-order valence-corrected chi connectivity index (χ4v) is 2.62. The Morgan fingerprint density at radius 1 is 1.15 bits per heavy atom. The fraction of sp³-hybridized carbons (Fsp3) is 0.600. The van der Waals surface area contributed by atoms with Gasteiger partial charge in [0.15, 0.2) is 0 Å². The lowest BCUT2D eigenvalue weighted by Gasteiger charge is -2.18. The van der Waals surface area contributed by atoms with E-state index in [2.05, 4.69) is 5.32 Å². The van der Waals surface area contributed by atoms with Crippen molar-refractivity contribution < 1.29 is 19.1 Å². The maximum absolute atomic E-state index is 12.1. The van der Waals surface area contributed by atoms with Crippen LogP contribution in [0.3, 0.4) is 0 Å². The highest BCUT2D eigenvalue weighted by Crippen LogP contribution is 2.22. The Kier molecular flexibility index (Phi) is 5.21. The first-order chi connectivity index (χ1) is 9.66. The number of amides is 1. The third-order valence-corrected chi connectivity index (χ3v) is 3.79. The molecular formula is C15H21NO4. The van der Waals surface area contributed by atoms with Gasteiger partial charge in [-0.05, 0) is 25.0 Å². The fourth-order valence-electron chi connectivity index (χ4n) is 2.62. The van der Waals surface area contributed by atoms with Crippen LogP contribution < -0.4 is 5.32 Å². The average Bonchev–Trinajstić information content (AvgIpc) is 2.84. The summed E-state index contributed by atoms with van der Waals surface area (Å²) in [6, 6.07) is 2.99. The predicted molar refractivity (Wildman–Crippen MR) is 73.3 cm³/mol. The van der Waals surface area contributed by atoms with Gasteiger partial charge in [0.1, 0.15) is 5.76 Å². The van der Waals surface area contributed by atoms with Gasteiger partial charge in [0.25, 0.3) is 0 Å². The number of carbonyl (C=O) groups is 2. The van der Waals surface area contributed by atoms with Gasteiger partial charge in [0.2, 0.25) is 11.7 Å². The van der Waals surface area contributed by atoms with Crippen molar-refractivity contribution >= 4 is 11.9 Å². The molecular weight excluding hydrogens is 258 g/mol. The van der Waals surface area contributed by atoms with Gasteiger partial charge in [-0.2, -0.15) is 0 Å². The van der Waals surface area contributed by atoms with Crippen LogP contribution in [0.5, 0.6) is 0 Å². The number of nitrogens with one attached hydrogen (secondary N) is 1. The molecule has 0 unspecified atom stereocenters. The zero-order valence-electron chi connectivity index (χ0n) is 11.6. The molecule has 1 saturated carbocycles. The molecule has 1 heterocycles. The molecule has 2 N–H and O–H groups in total. The molecule has 0 bridgehead atoms. The van der Waals surface area contributed by atoms with E-state index in [-0.39, 0.29) is 24.1 Å². The lowest BCUT2D eigenvalue weighted by atomic mass is 9.90. The molecule has 1 fully saturated rings. The van der Waals surface area contributed by atoms with E-state index in [0.29, 0.717) is 5.76 Å². The van der Waals surface area contributed by atoms with E-state index in [9.17, 15) is 9.59 Å². The molecule has 0 atom stereocenters. The molecule has 1 aliphatic carbocycles. The first-order valence-corrected chi connectivity index (χ1v) is 7.26. The van der Waals surface area contributed by atoms with E-state index in [1.54, 1.807) is 6.07 Å². The van der Waals surface area contributed by atoms with Crippen LogP contribution in [-0.2, 0) is 11.3 Å². The van der Waals surface area contributed by atoms with E-state index >= 15 is 0 Å². The van der Waals surface area contributed by atoms with Gasteiger partial charge in [-0.25, -0.2) is 4.79 Å². The van der Waals surface area contributed by atoms with Crippen LogP contribution in [0.4, 0.5) is 0 Å². The molecule has 1 aliphatic rings. The van der Waals surface area contributed by atoms with Crippen molar-refractivity contribution in [3.63, 3.8) is 0 Å².